The lowest BCUT2D eigenvalue weighted by atomic mass is 10.2. The first-order valence-electron chi connectivity index (χ1n) is 4.68. The number of hydrogen-bond donors (Lipinski definition) is 2. The number of hydrazone groups is 1. The van der Waals surface area contributed by atoms with Crippen LogP contribution in [0.1, 0.15) is 5.56 Å². The third-order valence-electron chi connectivity index (χ3n) is 1.71. The smallest absolute Gasteiger partial charge is 0.332 e. The summed E-state index contributed by atoms with van der Waals surface area (Å²) in [6.07, 6.45) is 6.49. The topological polar surface area (TPSA) is 76.7 Å². The van der Waals surface area contributed by atoms with Crippen molar-refractivity contribution in [2.45, 2.75) is 0 Å². The third-order valence-corrected chi connectivity index (χ3v) is 2.58. The van der Waals surface area contributed by atoms with Gasteiger partial charge in [0.1, 0.15) is 6.61 Å². The van der Waals surface area contributed by atoms with Crippen LogP contribution in [-0.2, 0) is 0 Å². The maximum atomic E-state index is 10.4. The quantitative estimate of drug-likeness (QED) is 0.504. The molecule has 0 aliphatic rings. The Bertz CT molecular complexity index is 503. The van der Waals surface area contributed by atoms with E-state index in [1.54, 1.807) is 12.1 Å². The van der Waals surface area contributed by atoms with Gasteiger partial charge in [-0.25, -0.2) is 10.2 Å². The minimum atomic E-state index is -0.745. The van der Waals surface area contributed by atoms with E-state index in [0.29, 0.717) is 20.8 Å². The van der Waals surface area contributed by atoms with E-state index in [4.69, 9.17) is 28.5 Å². The molecule has 0 fully saturated rings. The average molecular weight is 331 g/mol. The van der Waals surface area contributed by atoms with Gasteiger partial charge in [0.15, 0.2) is 5.75 Å². The van der Waals surface area contributed by atoms with E-state index in [2.05, 4.69) is 32.4 Å². The number of nitrogens with one attached hydrogen (secondary N) is 1. The summed E-state index contributed by atoms with van der Waals surface area (Å²) >= 11 is 9.31. The lowest BCUT2D eigenvalue weighted by molar-refractivity contribution is 0.249. The van der Waals surface area contributed by atoms with Gasteiger partial charge in [-0.2, -0.15) is 5.10 Å². The number of amides is 2. The molecule has 0 bridgehead atoms. The number of ether oxygens (including phenoxy) is 1. The van der Waals surface area contributed by atoms with Crippen LogP contribution < -0.4 is 15.9 Å². The highest BCUT2D eigenvalue weighted by Gasteiger charge is 2.08. The molecule has 0 aliphatic carbocycles. The monoisotopic (exact) mass is 329 g/mol. The fraction of sp³-hybridized carbons (Fsp3) is 0.0909. The number of carbonyl (C=O) groups excluding carboxylic acids is 1. The zero-order valence-corrected chi connectivity index (χ0v) is 11.5. The number of terminal acetylenes is 1. The highest BCUT2D eigenvalue weighted by atomic mass is 79.9. The van der Waals surface area contributed by atoms with Crippen molar-refractivity contribution in [1.29, 1.82) is 0 Å². The molecule has 0 aliphatic heterocycles. The second-order valence-electron chi connectivity index (χ2n) is 3.04. The molecule has 0 heterocycles. The maximum Gasteiger partial charge on any atom is 0.332 e. The summed E-state index contributed by atoms with van der Waals surface area (Å²) in [6.45, 7) is 0.120. The second-order valence-corrected chi connectivity index (χ2v) is 4.30. The molecular formula is C11H9BrClN3O2. The molecule has 7 heteroatoms. The molecule has 5 nitrogen and oxygen atoms in total. The van der Waals surface area contributed by atoms with Gasteiger partial charge in [-0.3, -0.25) is 0 Å². The Morgan fingerprint density at radius 2 is 2.44 bits per heavy atom. The highest BCUT2D eigenvalue weighted by molar-refractivity contribution is 9.10. The molecule has 18 heavy (non-hydrogen) atoms. The number of benzene rings is 1. The van der Waals surface area contributed by atoms with E-state index in [1.807, 2.05) is 0 Å². The first kappa shape index (κ1) is 14.4. The molecule has 0 atom stereocenters. The van der Waals surface area contributed by atoms with Crippen molar-refractivity contribution in [2.24, 2.45) is 10.8 Å². The molecule has 0 unspecified atom stereocenters. The Morgan fingerprint density at radius 3 is 3.00 bits per heavy atom. The van der Waals surface area contributed by atoms with Gasteiger partial charge in [-0.05, 0) is 33.6 Å². The molecule has 2 amide bonds. The van der Waals surface area contributed by atoms with Gasteiger partial charge in [-0.15, -0.1) is 6.42 Å². The summed E-state index contributed by atoms with van der Waals surface area (Å²) in [5.41, 5.74) is 7.59. The van der Waals surface area contributed by atoms with Crippen LogP contribution in [0.4, 0.5) is 4.79 Å². The van der Waals surface area contributed by atoms with Crippen molar-refractivity contribution >= 4 is 39.8 Å². The van der Waals surface area contributed by atoms with Crippen LogP contribution in [-0.4, -0.2) is 18.9 Å². The molecule has 0 saturated carbocycles. The summed E-state index contributed by atoms with van der Waals surface area (Å²) in [6, 6.07) is 2.58. The van der Waals surface area contributed by atoms with Crippen LogP contribution in [0, 0.1) is 12.3 Å². The summed E-state index contributed by atoms with van der Waals surface area (Å²) in [7, 11) is 0. The number of nitrogens with two attached hydrogens (primary N) is 1. The third kappa shape index (κ3) is 4.28. The van der Waals surface area contributed by atoms with Crippen LogP contribution in [0.5, 0.6) is 5.75 Å². The summed E-state index contributed by atoms with van der Waals surface area (Å²) < 4.78 is 5.90. The van der Waals surface area contributed by atoms with Crippen LogP contribution in [0.25, 0.3) is 0 Å². The molecule has 94 valence electrons. The van der Waals surface area contributed by atoms with Crippen molar-refractivity contribution in [3.8, 4) is 18.1 Å². The van der Waals surface area contributed by atoms with Gasteiger partial charge in [0.2, 0.25) is 0 Å². The minimum Gasteiger partial charge on any atom is -0.478 e. The molecule has 3 N–H and O–H groups in total. The van der Waals surface area contributed by atoms with E-state index in [-0.39, 0.29) is 6.61 Å². The standard InChI is InChI=1S/C11H9BrClN3O2/c1-2-3-18-10-8(12)4-7(5-9(10)13)6-15-16-11(14)17/h1,4-6H,3H2,(H3,14,16,17). The van der Waals surface area contributed by atoms with Crippen molar-refractivity contribution in [1.82, 2.24) is 5.43 Å². The molecule has 0 aromatic heterocycles. The molecule has 0 radical (unpaired) electrons. The van der Waals surface area contributed by atoms with E-state index < -0.39 is 6.03 Å². The van der Waals surface area contributed by atoms with E-state index in [1.165, 1.54) is 6.21 Å². The van der Waals surface area contributed by atoms with Gasteiger partial charge in [0, 0.05) is 0 Å². The van der Waals surface area contributed by atoms with E-state index >= 15 is 0 Å². The van der Waals surface area contributed by atoms with E-state index in [0.717, 1.165) is 0 Å². The Kier molecular flexibility index (Phi) is 5.49. The first-order chi connectivity index (χ1) is 8.54. The molecule has 0 saturated heterocycles. The van der Waals surface area contributed by atoms with Gasteiger partial charge in [-0.1, -0.05) is 17.5 Å². The number of carbonyl (C=O) groups is 1. The molecule has 1 aromatic rings. The first-order valence-corrected chi connectivity index (χ1v) is 5.85. The number of hydrogen-bond acceptors (Lipinski definition) is 3. The van der Waals surface area contributed by atoms with Crippen molar-refractivity contribution in [2.75, 3.05) is 6.61 Å². The number of nitrogens with zero attached hydrogens (tertiary/aromatic N) is 1. The average Bonchev–Trinajstić information content (AvgIpc) is 2.27. The summed E-state index contributed by atoms with van der Waals surface area (Å²) in [4.78, 5) is 10.4. The maximum absolute atomic E-state index is 10.4. The SMILES string of the molecule is C#CCOc1c(Cl)cc(C=NNC(N)=O)cc1Br. The molecule has 0 spiro atoms. The van der Waals surface area contributed by atoms with Crippen LogP contribution in [0.3, 0.4) is 0 Å². The predicted octanol–water partition coefficient (Wildman–Crippen LogP) is 2.12. The predicted molar refractivity (Wildman–Crippen MR) is 73.8 cm³/mol. The van der Waals surface area contributed by atoms with E-state index in [9.17, 15) is 4.79 Å². The van der Waals surface area contributed by atoms with Gasteiger partial charge >= 0.3 is 6.03 Å². The fourth-order valence-electron chi connectivity index (χ4n) is 1.08. The Balaban J connectivity index is 2.89. The van der Waals surface area contributed by atoms with Gasteiger partial charge in [0.25, 0.3) is 0 Å². The zero-order valence-electron chi connectivity index (χ0n) is 9.11. The number of halogens is 2. The van der Waals surface area contributed by atoms with Crippen LogP contribution >= 0.6 is 27.5 Å². The van der Waals surface area contributed by atoms with Crippen molar-refractivity contribution in [3.63, 3.8) is 0 Å². The lowest BCUT2D eigenvalue weighted by Gasteiger charge is -2.08. The summed E-state index contributed by atoms with van der Waals surface area (Å²) in [5.74, 6) is 2.80. The normalized spacial score (nSPS) is 10.1. The van der Waals surface area contributed by atoms with Gasteiger partial charge < -0.3 is 10.5 Å². The Hall–Kier alpha value is -1.71. The van der Waals surface area contributed by atoms with Crippen LogP contribution in [0.15, 0.2) is 21.7 Å². The number of urea groups is 1. The largest absolute Gasteiger partial charge is 0.478 e. The minimum absolute atomic E-state index is 0.120. The van der Waals surface area contributed by atoms with Crippen LogP contribution in [0.2, 0.25) is 5.02 Å². The summed E-state index contributed by atoms with van der Waals surface area (Å²) in [5, 5.41) is 3.99. The highest BCUT2D eigenvalue weighted by Crippen LogP contribution is 2.34. The Labute approximate surface area is 117 Å². The Morgan fingerprint density at radius 1 is 1.72 bits per heavy atom. The van der Waals surface area contributed by atoms with Crippen molar-refractivity contribution in [3.05, 3.63) is 27.2 Å². The van der Waals surface area contributed by atoms with Crippen molar-refractivity contribution < 1.29 is 9.53 Å². The second kappa shape index (κ2) is 6.89. The molecule has 1 rings (SSSR count). The lowest BCUT2D eigenvalue weighted by Crippen LogP contribution is -2.24. The number of primary amides is 1. The molecular weight excluding hydrogens is 321 g/mol. The fourth-order valence-corrected chi connectivity index (χ4v) is 2.07. The molecule has 1 aromatic carbocycles. The zero-order chi connectivity index (χ0) is 13.5. The number of rotatable bonds is 4. The van der Waals surface area contributed by atoms with Gasteiger partial charge in [0.05, 0.1) is 15.7 Å².